The first-order valence-corrected chi connectivity index (χ1v) is 5.17. The molecule has 0 saturated carbocycles. The van der Waals surface area contributed by atoms with Gasteiger partial charge < -0.3 is 10.6 Å². The lowest BCUT2D eigenvalue weighted by atomic mass is 9.89. The highest BCUT2D eigenvalue weighted by atomic mass is 35.5. The SMILES string of the molecule is CC1(C(N)=O)CCN(C(=O)CCCl)C1. The van der Waals surface area contributed by atoms with Gasteiger partial charge in [0.1, 0.15) is 0 Å². The van der Waals surface area contributed by atoms with Crippen LogP contribution in [0.4, 0.5) is 0 Å². The van der Waals surface area contributed by atoms with Crippen LogP contribution in [-0.4, -0.2) is 35.7 Å². The van der Waals surface area contributed by atoms with Gasteiger partial charge in [-0.15, -0.1) is 11.6 Å². The summed E-state index contributed by atoms with van der Waals surface area (Å²) in [7, 11) is 0. The lowest BCUT2D eigenvalue weighted by molar-refractivity contribution is -0.131. The molecule has 0 radical (unpaired) electrons. The predicted octanol–water partition coefficient (Wildman–Crippen LogP) is 0.339. The van der Waals surface area contributed by atoms with Crippen molar-refractivity contribution in [2.24, 2.45) is 11.1 Å². The highest BCUT2D eigenvalue weighted by Crippen LogP contribution is 2.29. The second-order valence-electron chi connectivity index (χ2n) is 3.93. The molecule has 0 aromatic rings. The Labute approximate surface area is 88.4 Å². The standard InChI is InChI=1S/C9H15ClN2O2/c1-9(8(11)14)3-5-12(6-9)7(13)2-4-10/h2-6H2,1H3,(H2,11,14). The van der Waals surface area contributed by atoms with Gasteiger partial charge in [0.15, 0.2) is 0 Å². The van der Waals surface area contributed by atoms with Gasteiger partial charge in [-0.3, -0.25) is 9.59 Å². The average molecular weight is 219 g/mol. The molecule has 4 nitrogen and oxygen atoms in total. The molecule has 1 atom stereocenters. The van der Waals surface area contributed by atoms with Gasteiger partial charge in [-0.1, -0.05) is 0 Å². The molecule has 2 amide bonds. The third kappa shape index (κ3) is 2.18. The Hall–Kier alpha value is -0.770. The number of hydrogen-bond acceptors (Lipinski definition) is 2. The van der Waals surface area contributed by atoms with Crippen molar-refractivity contribution in [3.05, 3.63) is 0 Å². The zero-order valence-electron chi connectivity index (χ0n) is 8.25. The van der Waals surface area contributed by atoms with Gasteiger partial charge in [0.2, 0.25) is 11.8 Å². The summed E-state index contributed by atoms with van der Waals surface area (Å²) in [5, 5.41) is 0. The molecule has 1 fully saturated rings. The predicted molar refractivity (Wildman–Crippen MR) is 53.8 cm³/mol. The van der Waals surface area contributed by atoms with Crippen LogP contribution in [0.2, 0.25) is 0 Å². The first kappa shape index (κ1) is 11.3. The first-order valence-electron chi connectivity index (χ1n) is 4.63. The van der Waals surface area contributed by atoms with Crippen LogP contribution < -0.4 is 5.73 Å². The van der Waals surface area contributed by atoms with Gasteiger partial charge in [0, 0.05) is 25.4 Å². The van der Waals surface area contributed by atoms with Crippen LogP contribution in [0.25, 0.3) is 0 Å². The number of hydrogen-bond donors (Lipinski definition) is 1. The Bertz CT molecular complexity index is 257. The van der Waals surface area contributed by atoms with E-state index in [4.69, 9.17) is 17.3 Å². The number of carbonyl (C=O) groups is 2. The van der Waals surface area contributed by atoms with E-state index in [1.54, 1.807) is 11.8 Å². The van der Waals surface area contributed by atoms with E-state index in [-0.39, 0.29) is 11.8 Å². The topological polar surface area (TPSA) is 63.4 Å². The summed E-state index contributed by atoms with van der Waals surface area (Å²) in [5.41, 5.74) is 4.71. The Morgan fingerprint density at radius 1 is 1.57 bits per heavy atom. The number of amides is 2. The summed E-state index contributed by atoms with van der Waals surface area (Å²) in [6, 6.07) is 0. The second-order valence-corrected chi connectivity index (χ2v) is 4.31. The van der Waals surface area contributed by atoms with Crippen LogP contribution >= 0.6 is 11.6 Å². The number of nitrogens with zero attached hydrogens (tertiary/aromatic N) is 1. The van der Waals surface area contributed by atoms with Gasteiger partial charge in [-0.2, -0.15) is 0 Å². The van der Waals surface area contributed by atoms with E-state index in [9.17, 15) is 9.59 Å². The van der Waals surface area contributed by atoms with E-state index in [2.05, 4.69) is 0 Å². The maximum Gasteiger partial charge on any atom is 0.225 e. The largest absolute Gasteiger partial charge is 0.369 e. The summed E-state index contributed by atoms with van der Waals surface area (Å²) in [4.78, 5) is 24.2. The highest BCUT2D eigenvalue weighted by molar-refractivity contribution is 6.18. The summed E-state index contributed by atoms with van der Waals surface area (Å²) in [5.74, 6) is -0.00791. The van der Waals surface area contributed by atoms with Crippen LogP contribution in [0.15, 0.2) is 0 Å². The minimum absolute atomic E-state index is 0.00461. The van der Waals surface area contributed by atoms with E-state index < -0.39 is 5.41 Å². The van der Waals surface area contributed by atoms with E-state index in [1.807, 2.05) is 0 Å². The minimum atomic E-state index is -0.554. The third-order valence-electron chi connectivity index (χ3n) is 2.73. The molecule has 1 rings (SSSR count). The van der Waals surface area contributed by atoms with Crippen LogP contribution in [0.3, 0.4) is 0 Å². The summed E-state index contributed by atoms with van der Waals surface area (Å²) >= 11 is 5.47. The normalized spacial score (nSPS) is 26.6. The second kappa shape index (κ2) is 4.17. The van der Waals surface area contributed by atoms with Crippen molar-refractivity contribution in [3.8, 4) is 0 Å². The number of likely N-dealkylation sites (tertiary alicyclic amines) is 1. The maximum atomic E-state index is 11.4. The van der Waals surface area contributed by atoms with Crippen molar-refractivity contribution in [2.45, 2.75) is 19.8 Å². The summed E-state index contributed by atoms with van der Waals surface area (Å²) < 4.78 is 0. The minimum Gasteiger partial charge on any atom is -0.369 e. The number of carbonyl (C=O) groups excluding carboxylic acids is 2. The molecular formula is C9H15ClN2O2. The lowest BCUT2D eigenvalue weighted by Gasteiger charge is -2.20. The van der Waals surface area contributed by atoms with Gasteiger partial charge in [0.05, 0.1) is 5.41 Å². The van der Waals surface area contributed by atoms with E-state index in [0.717, 1.165) is 0 Å². The van der Waals surface area contributed by atoms with Crippen molar-refractivity contribution in [2.75, 3.05) is 19.0 Å². The van der Waals surface area contributed by atoms with Crippen molar-refractivity contribution in [1.29, 1.82) is 0 Å². The lowest BCUT2D eigenvalue weighted by Crippen LogP contribution is -2.38. The fourth-order valence-electron chi connectivity index (χ4n) is 1.61. The molecule has 0 aromatic heterocycles. The molecule has 14 heavy (non-hydrogen) atoms. The molecule has 0 aliphatic carbocycles. The third-order valence-corrected chi connectivity index (χ3v) is 2.92. The first-order chi connectivity index (χ1) is 6.49. The molecule has 0 bridgehead atoms. The molecule has 2 N–H and O–H groups in total. The van der Waals surface area contributed by atoms with Crippen molar-refractivity contribution < 1.29 is 9.59 Å². The number of halogens is 1. The molecule has 0 spiro atoms. The zero-order chi connectivity index (χ0) is 10.8. The molecule has 5 heteroatoms. The number of rotatable bonds is 3. The molecule has 1 aliphatic heterocycles. The van der Waals surface area contributed by atoms with Gasteiger partial charge >= 0.3 is 0 Å². The Kier molecular flexibility index (Phi) is 3.37. The Morgan fingerprint density at radius 2 is 2.21 bits per heavy atom. The van der Waals surface area contributed by atoms with E-state index >= 15 is 0 Å². The monoisotopic (exact) mass is 218 g/mol. The molecule has 1 heterocycles. The molecule has 1 saturated heterocycles. The van der Waals surface area contributed by atoms with Crippen LogP contribution in [0.5, 0.6) is 0 Å². The summed E-state index contributed by atoms with van der Waals surface area (Å²) in [6.07, 6.45) is 0.979. The van der Waals surface area contributed by atoms with Crippen LogP contribution in [0.1, 0.15) is 19.8 Å². The maximum absolute atomic E-state index is 11.4. The van der Waals surface area contributed by atoms with E-state index in [0.29, 0.717) is 31.8 Å². The van der Waals surface area contributed by atoms with Gasteiger partial charge in [0.25, 0.3) is 0 Å². The summed E-state index contributed by atoms with van der Waals surface area (Å²) in [6.45, 7) is 2.83. The van der Waals surface area contributed by atoms with Crippen molar-refractivity contribution >= 4 is 23.4 Å². The van der Waals surface area contributed by atoms with Crippen LogP contribution in [0, 0.1) is 5.41 Å². The highest BCUT2D eigenvalue weighted by Gasteiger charge is 2.40. The zero-order valence-corrected chi connectivity index (χ0v) is 9.01. The Morgan fingerprint density at radius 3 is 2.64 bits per heavy atom. The molecule has 80 valence electrons. The molecule has 1 unspecified atom stereocenters. The van der Waals surface area contributed by atoms with Crippen molar-refractivity contribution in [1.82, 2.24) is 4.90 Å². The average Bonchev–Trinajstić information content (AvgIpc) is 2.50. The quantitative estimate of drug-likeness (QED) is 0.695. The molecule has 0 aromatic carbocycles. The number of nitrogens with two attached hydrogens (primary N) is 1. The molecule has 1 aliphatic rings. The number of primary amides is 1. The molecular weight excluding hydrogens is 204 g/mol. The fraction of sp³-hybridized carbons (Fsp3) is 0.778. The van der Waals surface area contributed by atoms with E-state index in [1.165, 1.54) is 0 Å². The Balaban J connectivity index is 2.56. The smallest absolute Gasteiger partial charge is 0.225 e. The van der Waals surface area contributed by atoms with Crippen LogP contribution in [-0.2, 0) is 9.59 Å². The van der Waals surface area contributed by atoms with Gasteiger partial charge in [-0.05, 0) is 13.3 Å². The van der Waals surface area contributed by atoms with Crippen molar-refractivity contribution in [3.63, 3.8) is 0 Å². The number of alkyl halides is 1. The fourth-order valence-corrected chi connectivity index (χ4v) is 1.78. The van der Waals surface area contributed by atoms with Gasteiger partial charge in [-0.25, -0.2) is 0 Å².